The Labute approximate surface area is 271 Å². The van der Waals surface area contributed by atoms with E-state index >= 15 is 4.39 Å². The number of fused-ring (bicyclic) bond motifs is 1. The minimum atomic E-state index is -1.31. The van der Waals surface area contributed by atoms with E-state index < -0.39 is 20.3 Å². The lowest BCUT2D eigenvalue weighted by Gasteiger charge is -2.19. The number of imidazole rings is 1. The lowest BCUT2D eigenvalue weighted by Crippen LogP contribution is -2.22. The molecule has 238 valence electrons. The van der Waals surface area contributed by atoms with E-state index in [0.717, 1.165) is 22.9 Å². The van der Waals surface area contributed by atoms with Crippen LogP contribution in [0.4, 0.5) is 14.9 Å². The lowest BCUT2D eigenvalue weighted by molar-refractivity contribution is 0.0855. The predicted molar refractivity (Wildman–Crippen MR) is 175 cm³/mol. The Hall–Kier alpha value is -4.46. The van der Waals surface area contributed by atoms with Gasteiger partial charge < -0.3 is 14.0 Å². The molecule has 3 aromatic heterocycles. The van der Waals surface area contributed by atoms with Crippen molar-refractivity contribution in [1.29, 1.82) is 0 Å². The van der Waals surface area contributed by atoms with Crippen LogP contribution in [0.3, 0.4) is 0 Å². The molecule has 0 bridgehead atoms. The van der Waals surface area contributed by atoms with Crippen LogP contribution in [0.15, 0.2) is 67.3 Å². The zero-order valence-corrected chi connectivity index (χ0v) is 27.7. The van der Waals surface area contributed by atoms with Crippen LogP contribution in [0.25, 0.3) is 28.1 Å². The van der Waals surface area contributed by atoms with Gasteiger partial charge in [-0.25, -0.2) is 14.2 Å². The van der Waals surface area contributed by atoms with E-state index in [-0.39, 0.29) is 19.1 Å². The molecule has 0 saturated carbocycles. The van der Waals surface area contributed by atoms with E-state index in [4.69, 9.17) is 31.0 Å². The van der Waals surface area contributed by atoms with E-state index in [1.165, 1.54) is 18.1 Å². The van der Waals surface area contributed by atoms with Crippen molar-refractivity contribution in [1.82, 2.24) is 34.7 Å². The number of rotatable bonds is 10. The average molecular weight is 661 g/mol. The molecule has 46 heavy (non-hydrogen) atoms. The predicted octanol–water partition coefficient (Wildman–Crippen LogP) is 7.28. The summed E-state index contributed by atoms with van der Waals surface area (Å²) in [5.74, 6) is 0.297. The van der Waals surface area contributed by atoms with Gasteiger partial charge in [0.15, 0.2) is 0 Å². The Kier molecular flexibility index (Phi) is 8.98. The Bertz CT molecular complexity index is 1840. The van der Waals surface area contributed by atoms with Crippen LogP contribution in [-0.2, 0) is 16.2 Å². The van der Waals surface area contributed by atoms with Crippen molar-refractivity contribution in [2.45, 2.75) is 50.9 Å². The molecule has 14 heteroatoms. The summed E-state index contributed by atoms with van der Waals surface area (Å²) in [7, 11) is 0.00613. The number of anilines is 1. The summed E-state index contributed by atoms with van der Waals surface area (Å²) in [6.45, 7) is 7.80. The fourth-order valence-electron chi connectivity index (χ4n) is 5.53. The molecule has 11 nitrogen and oxygen atoms in total. The SMILES string of the molecule is COC(=O)Nc1ccc(-c2cnc(C3CC(F)c4cc(-c5cc(Cl)ccc5-n5cnnn5)cnc43)n2COCC[Si](C)(C)C)cc1. The van der Waals surface area contributed by atoms with Gasteiger partial charge in [-0.1, -0.05) is 43.4 Å². The molecule has 0 radical (unpaired) electrons. The third-order valence-corrected chi connectivity index (χ3v) is 9.89. The van der Waals surface area contributed by atoms with Crippen LogP contribution in [0.2, 0.25) is 30.7 Å². The first-order valence-corrected chi connectivity index (χ1v) is 19.0. The number of aromatic nitrogens is 7. The molecule has 3 heterocycles. The van der Waals surface area contributed by atoms with Crippen LogP contribution in [0.5, 0.6) is 0 Å². The number of carbonyl (C=O) groups excluding carboxylic acids is 1. The number of alkyl halides is 1. The maximum atomic E-state index is 15.9. The van der Waals surface area contributed by atoms with Gasteiger partial charge in [-0.3, -0.25) is 10.3 Å². The monoisotopic (exact) mass is 660 g/mol. The van der Waals surface area contributed by atoms with Gasteiger partial charge in [-0.05, 0) is 64.9 Å². The number of nitrogens with one attached hydrogen (secondary N) is 1. The second-order valence-corrected chi connectivity index (χ2v) is 18.4. The van der Waals surface area contributed by atoms with E-state index in [1.807, 2.05) is 28.8 Å². The van der Waals surface area contributed by atoms with Crippen molar-refractivity contribution in [3.63, 3.8) is 0 Å². The molecule has 2 aromatic carbocycles. The van der Waals surface area contributed by atoms with Crippen molar-refractivity contribution >= 4 is 31.5 Å². The van der Waals surface area contributed by atoms with Gasteiger partial charge in [0, 0.05) is 48.3 Å². The first-order chi connectivity index (χ1) is 22.1. The molecule has 1 N–H and O–H groups in total. The highest BCUT2D eigenvalue weighted by molar-refractivity contribution is 6.76. The number of ether oxygens (including phenoxy) is 2. The number of halogens is 2. The zero-order valence-electron chi connectivity index (χ0n) is 25.9. The number of hydrogen-bond acceptors (Lipinski definition) is 8. The first-order valence-electron chi connectivity index (χ1n) is 14.9. The van der Waals surface area contributed by atoms with Crippen molar-refractivity contribution in [2.75, 3.05) is 19.0 Å². The number of tetrazole rings is 1. The van der Waals surface area contributed by atoms with E-state index in [1.54, 1.807) is 36.7 Å². The summed E-state index contributed by atoms with van der Waals surface area (Å²) in [4.78, 5) is 21.3. The maximum absolute atomic E-state index is 15.9. The topological polar surface area (TPSA) is 122 Å². The van der Waals surface area contributed by atoms with Crippen molar-refractivity contribution in [2.24, 2.45) is 0 Å². The minimum absolute atomic E-state index is 0.203. The number of benzene rings is 2. The molecule has 2 unspecified atom stereocenters. The van der Waals surface area contributed by atoms with Crippen LogP contribution >= 0.6 is 11.6 Å². The number of pyridine rings is 1. The maximum Gasteiger partial charge on any atom is 0.411 e. The smallest absolute Gasteiger partial charge is 0.411 e. The summed E-state index contributed by atoms with van der Waals surface area (Å²) in [6.07, 6.45) is 3.42. The summed E-state index contributed by atoms with van der Waals surface area (Å²) in [5, 5.41) is 14.7. The van der Waals surface area contributed by atoms with Crippen LogP contribution < -0.4 is 5.32 Å². The quantitative estimate of drug-likeness (QED) is 0.123. The molecular formula is C32H34ClFN8O3Si. The standard InChI is InChI=1S/C32H34ClFN8O3Si/c1-44-32(43)38-23-8-5-20(6-9-23)29-17-36-31(41(29)19-45-11-12-46(2,3)4)26-15-27(34)25-13-21(16-35-30(25)26)24-14-22(33)7-10-28(24)42-18-37-39-40-42/h5-10,13-14,16-18,26-27H,11-12,15,19H2,1-4H3,(H,38,43). The van der Waals surface area contributed by atoms with E-state index in [2.05, 4.69) is 40.5 Å². The molecular weight excluding hydrogens is 627 g/mol. The van der Waals surface area contributed by atoms with Gasteiger partial charge in [-0.2, -0.15) is 4.68 Å². The third-order valence-electron chi connectivity index (χ3n) is 7.95. The molecule has 6 rings (SSSR count). The summed E-state index contributed by atoms with van der Waals surface area (Å²) in [6, 6.07) is 15.6. The number of carbonyl (C=O) groups is 1. The van der Waals surface area contributed by atoms with E-state index in [0.29, 0.717) is 45.6 Å². The fourth-order valence-corrected chi connectivity index (χ4v) is 6.46. The molecule has 0 aliphatic heterocycles. The second kappa shape index (κ2) is 13.1. The third kappa shape index (κ3) is 6.71. The minimum Gasteiger partial charge on any atom is -0.453 e. The molecule has 2 atom stereocenters. The van der Waals surface area contributed by atoms with Crippen LogP contribution in [0.1, 0.15) is 35.6 Å². The highest BCUT2D eigenvalue weighted by atomic mass is 35.5. The Morgan fingerprint density at radius 1 is 1.09 bits per heavy atom. The highest BCUT2D eigenvalue weighted by Gasteiger charge is 2.37. The fraction of sp³-hybridized carbons (Fsp3) is 0.312. The number of methoxy groups -OCH3 is 1. The average Bonchev–Trinajstić information content (AvgIpc) is 3.79. The van der Waals surface area contributed by atoms with Gasteiger partial charge in [-0.15, -0.1) is 5.10 Å². The molecule has 1 amide bonds. The highest BCUT2D eigenvalue weighted by Crippen LogP contribution is 2.46. The summed E-state index contributed by atoms with van der Waals surface area (Å²) < 4.78 is 30.3. The number of nitrogens with zero attached hydrogens (tertiary/aromatic N) is 7. The summed E-state index contributed by atoms with van der Waals surface area (Å²) in [5.41, 5.74) is 5.57. The molecule has 5 aromatic rings. The largest absolute Gasteiger partial charge is 0.453 e. The van der Waals surface area contributed by atoms with Crippen molar-refractivity contribution in [3.05, 3.63) is 89.4 Å². The van der Waals surface area contributed by atoms with Crippen LogP contribution in [0, 0.1) is 0 Å². The Balaban J connectivity index is 1.35. The molecule has 1 aliphatic carbocycles. The summed E-state index contributed by atoms with van der Waals surface area (Å²) >= 11 is 6.36. The van der Waals surface area contributed by atoms with Gasteiger partial charge >= 0.3 is 6.09 Å². The number of amides is 1. The van der Waals surface area contributed by atoms with E-state index in [9.17, 15) is 4.79 Å². The molecule has 1 aliphatic rings. The van der Waals surface area contributed by atoms with Gasteiger partial charge in [0.25, 0.3) is 0 Å². The zero-order chi connectivity index (χ0) is 32.4. The van der Waals surface area contributed by atoms with Gasteiger partial charge in [0.05, 0.1) is 36.3 Å². The van der Waals surface area contributed by atoms with Crippen molar-refractivity contribution < 1.29 is 18.7 Å². The molecule has 0 fully saturated rings. The molecule has 0 spiro atoms. The number of hydrogen-bond donors (Lipinski definition) is 1. The first kappa shape index (κ1) is 31.5. The van der Waals surface area contributed by atoms with Crippen molar-refractivity contribution in [3.8, 4) is 28.1 Å². The Morgan fingerprint density at radius 3 is 2.61 bits per heavy atom. The van der Waals surface area contributed by atoms with Gasteiger partial charge in [0.2, 0.25) is 0 Å². The van der Waals surface area contributed by atoms with Gasteiger partial charge in [0.1, 0.15) is 25.1 Å². The lowest BCUT2D eigenvalue weighted by atomic mass is 10.0. The normalized spacial score (nSPS) is 16.0. The molecule has 0 saturated heterocycles. The second-order valence-electron chi connectivity index (χ2n) is 12.3. The van der Waals surface area contributed by atoms with Crippen LogP contribution in [-0.4, -0.2) is 62.6 Å². The Morgan fingerprint density at radius 2 is 1.89 bits per heavy atom.